The zero-order valence-corrected chi connectivity index (χ0v) is 41.4. The van der Waals surface area contributed by atoms with Gasteiger partial charge in [0, 0.05) is 6.42 Å². The van der Waals surface area contributed by atoms with Gasteiger partial charge in [-0.2, -0.15) is 0 Å². The van der Waals surface area contributed by atoms with Crippen LogP contribution in [0.3, 0.4) is 0 Å². The number of carbonyl (C=O) groups excluding carboxylic acids is 1. The van der Waals surface area contributed by atoms with Crippen molar-refractivity contribution in [3.63, 3.8) is 0 Å². The van der Waals surface area contributed by atoms with Crippen LogP contribution in [0, 0.1) is 0 Å². The number of unbranched alkanes of at least 4 members (excludes halogenated alkanes) is 40. The first-order valence-electron chi connectivity index (χ1n) is 27.7. The second-order valence-corrected chi connectivity index (χ2v) is 19.0. The van der Waals surface area contributed by atoms with Crippen molar-refractivity contribution in [2.24, 2.45) is 0 Å². The number of carbonyl (C=O) groups is 1. The van der Waals surface area contributed by atoms with Crippen LogP contribution >= 0.6 is 0 Å². The molecule has 0 heterocycles. The van der Waals surface area contributed by atoms with E-state index in [0.717, 1.165) is 32.1 Å². The van der Waals surface area contributed by atoms with E-state index in [0.29, 0.717) is 6.42 Å². The van der Waals surface area contributed by atoms with Gasteiger partial charge in [-0.25, -0.2) is 0 Å². The minimum atomic E-state index is -0.834. The van der Waals surface area contributed by atoms with E-state index in [1.807, 2.05) is 6.08 Å². The van der Waals surface area contributed by atoms with Crippen molar-refractivity contribution in [2.45, 2.75) is 315 Å². The minimum Gasteiger partial charge on any atom is -0.394 e. The summed E-state index contributed by atoms with van der Waals surface area (Å²) in [6, 6.07) is -0.617. The van der Waals surface area contributed by atoms with E-state index in [9.17, 15) is 15.0 Å². The van der Waals surface area contributed by atoms with E-state index >= 15 is 0 Å². The zero-order valence-electron chi connectivity index (χ0n) is 41.4. The van der Waals surface area contributed by atoms with E-state index in [4.69, 9.17) is 0 Å². The minimum absolute atomic E-state index is 0.0610. The summed E-state index contributed by atoms with van der Waals surface area (Å²) < 4.78 is 0. The fraction of sp³-hybridized carbons (Fsp3) is 0.877. The van der Waals surface area contributed by atoms with E-state index < -0.39 is 12.1 Å². The lowest BCUT2D eigenvalue weighted by Gasteiger charge is -2.20. The molecule has 3 N–H and O–H groups in total. The molecule has 360 valence electrons. The summed E-state index contributed by atoms with van der Waals surface area (Å²) in [5.41, 5.74) is 0. The number of nitrogens with one attached hydrogen (secondary N) is 1. The van der Waals surface area contributed by atoms with Gasteiger partial charge in [-0.3, -0.25) is 4.79 Å². The van der Waals surface area contributed by atoms with E-state index in [2.05, 4.69) is 43.5 Å². The van der Waals surface area contributed by atoms with Crippen LogP contribution in [0.15, 0.2) is 36.5 Å². The molecule has 0 aliphatic carbocycles. The van der Waals surface area contributed by atoms with E-state index in [1.54, 1.807) is 6.08 Å². The van der Waals surface area contributed by atoms with Gasteiger partial charge < -0.3 is 15.5 Å². The van der Waals surface area contributed by atoms with Crippen LogP contribution in [-0.2, 0) is 4.79 Å². The van der Waals surface area contributed by atoms with Crippen molar-refractivity contribution in [3.05, 3.63) is 36.5 Å². The normalized spacial score (nSPS) is 13.0. The van der Waals surface area contributed by atoms with Gasteiger partial charge >= 0.3 is 0 Å². The highest BCUT2D eigenvalue weighted by atomic mass is 16.3. The van der Waals surface area contributed by atoms with Gasteiger partial charge in [0.05, 0.1) is 18.8 Å². The third-order valence-corrected chi connectivity index (χ3v) is 12.9. The molecule has 0 fully saturated rings. The first kappa shape index (κ1) is 59.6. The topological polar surface area (TPSA) is 69.6 Å². The molecular formula is C57H109NO3. The molecular weight excluding hydrogens is 747 g/mol. The first-order chi connectivity index (χ1) is 30.2. The molecule has 4 nitrogen and oxygen atoms in total. The number of amides is 1. The molecule has 0 bridgehead atoms. The molecule has 0 aliphatic heterocycles. The van der Waals surface area contributed by atoms with Crippen molar-refractivity contribution in [3.8, 4) is 0 Å². The Labute approximate surface area is 382 Å². The maximum Gasteiger partial charge on any atom is 0.220 e. The average Bonchev–Trinajstić information content (AvgIpc) is 3.26. The Morgan fingerprint density at radius 3 is 0.984 bits per heavy atom. The summed E-state index contributed by atoms with van der Waals surface area (Å²) in [5, 5.41) is 23.0. The highest BCUT2D eigenvalue weighted by molar-refractivity contribution is 5.76. The van der Waals surface area contributed by atoms with Crippen molar-refractivity contribution in [2.75, 3.05) is 6.61 Å². The lowest BCUT2D eigenvalue weighted by atomic mass is 10.0. The van der Waals surface area contributed by atoms with Crippen LogP contribution < -0.4 is 5.32 Å². The Kier molecular flexibility index (Phi) is 51.7. The van der Waals surface area contributed by atoms with Crippen LogP contribution in [0.2, 0.25) is 0 Å². The SMILES string of the molecule is CCCCCCC/C=C\C/C=C\CCCCCCCCCCCCCCCCCCCCCCCCCCCCCC(=O)NC(CO)C(O)/C=C/CCCCCCCCCC. The monoisotopic (exact) mass is 856 g/mol. The van der Waals surface area contributed by atoms with Crippen molar-refractivity contribution in [1.82, 2.24) is 5.32 Å². The van der Waals surface area contributed by atoms with Crippen LogP contribution in [0.5, 0.6) is 0 Å². The maximum atomic E-state index is 12.4. The molecule has 0 saturated carbocycles. The first-order valence-corrected chi connectivity index (χ1v) is 27.7. The third-order valence-electron chi connectivity index (χ3n) is 12.9. The molecule has 0 aromatic rings. The summed E-state index contributed by atoms with van der Waals surface area (Å²) >= 11 is 0. The van der Waals surface area contributed by atoms with Gasteiger partial charge in [-0.15, -0.1) is 0 Å². The number of aliphatic hydroxyl groups excluding tert-OH is 2. The zero-order chi connectivity index (χ0) is 44.2. The number of hydrogen-bond acceptors (Lipinski definition) is 3. The van der Waals surface area contributed by atoms with Crippen molar-refractivity contribution >= 4 is 5.91 Å². The highest BCUT2D eigenvalue weighted by Gasteiger charge is 2.18. The van der Waals surface area contributed by atoms with Crippen LogP contribution in [0.25, 0.3) is 0 Å². The Hall–Kier alpha value is -1.39. The van der Waals surface area contributed by atoms with Gasteiger partial charge in [0.15, 0.2) is 0 Å². The molecule has 0 radical (unpaired) electrons. The van der Waals surface area contributed by atoms with Gasteiger partial charge in [0.25, 0.3) is 0 Å². The van der Waals surface area contributed by atoms with Crippen LogP contribution in [-0.4, -0.2) is 34.9 Å². The highest BCUT2D eigenvalue weighted by Crippen LogP contribution is 2.17. The van der Waals surface area contributed by atoms with Gasteiger partial charge in [-0.1, -0.05) is 281 Å². The summed E-state index contributed by atoms with van der Waals surface area (Å²) in [6.45, 7) is 4.29. The van der Waals surface area contributed by atoms with Gasteiger partial charge in [-0.05, 0) is 51.4 Å². The Bertz CT molecular complexity index is 928. The summed E-state index contributed by atoms with van der Waals surface area (Å²) in [4.78, 5) is 12.4. The Morgan fingerprint density at radius 1 is 0.393 bits per heavy atom. The van der Waals surface area contributed by atoms with E-state index in [1.165, 1.54) is 250 Å². The number of allylic oxidation sites excluding steroid dienone is 5. The fourth-order valence-corrected chi connectivity index (χ4v) is 8.62. The molecule has 61 heavy (non-hydrogen) atoms. The molecule has 0 aliphatic rings. The Morgan fingerprint density at radius 2 is 0.672 bits per heavy atom. The number of hydrogen-bond donors (Lipinski definition) is 3. The molecule has 2 unspecified atom stereocenters. The summed E-state index contributed by atoms with van der Waals surface area (Å²) in [7, 11) is 0. The van der Waals surface area contributed by atoms with Crippen molar-refractivity contribution < 1.29 is 15.0 Å². The van der Waals surface area contributed by atoms with Crippen LogP contribution in [0.4, 0.5) is 0 Å². The fourth-order valence-electron chi connectivity index (χ4n) is 8.62. The lowest BCUT2D eigenvalue weighted by molar-refractivity contribution is -0.123. The second kappa shape index (κ2) is 53.0. The van der Waals surface area contributed by atoms with Crippen molar-refractivity contribution in [1.29, 1.82) is 0 Å². The maximum absolute atomic E-state index is 12.4. The molecule has 0 aromatic heterocycles. The number of rotatable bonds is 51. The molecule has 0 aromatic carbocycles. The quantitative estimate of drug-likeness (QED) is 0.0422. The molecule has 2 atom stereocenters. The summed E-state index contributed by atoms with van der Waals surface area (Å²) in [5.74, 6) is -0.0610. The van der Waals surface area contributed by atoms with E-state index in [-0.39, 0.29) is 12.5 Å². The predicted molar refractivity (Wildman–Crippen MR) is 272 cm³/mol. The summed E-state index contributed by atoms with van der Waals surface area (Å²) in [6.07, 6.45) is 71.9. The average molecular weight is 857 g/mol. The Balaban J connectivity index is 3.34. The van der Waals surface area contributed by atoms with Gasteiger partial charge in [0.1, 0.15) is 0 Å². The molecule has 0 saturated heterocycles. The second-order valence-electron chi connectivity index (χ2n) is 19.0. The smallest absolute Gasteiger partial charge is 0.220 e. The predicted octanol–water partition coefficient (Wildman–Crippen LogP) is 18.1. The molecule has 0 spiro atoms. The molecule has 1 amide bonds. The molecule has 0 rings (SSSR count). The number of aliphatic hydroxyl groups is 2. The largest absolute Gasteiger partial charge is 0.394 e. The molecule has 4 heteroatoms. The van der Waals surface area contributed by atoms with Gasteiger partial charge in [0.2, 0.25) is 5.91 Å². The standard InChI is InChI=1S/C57H109NO3/c1-3-5-7-9-11-13-15-16-17-18-19-20-21-22-23-24-25-26-27-28-29-30-31-32-33-34-35-36-37-38-39-40-41-42-43-45-47-49-51-53-57(61)58-55(54-59)56(60)52-50-48-46-44-14-12-10-8-6-4-2/h15-16,18-19,50,52,55-56,59-60H,3-14,17,20-49,51,53-54H2,1-2H3,(H,58,61)/b16-15-,19-18-,52-50+. The van der Waals surface area contributed by atoms with Crippen LogP contribution in [0.1, 0.15) is 303 Å². The lowest BCUT2D eigenvalue weighted by Crippen LogP contribution is -2.45. The third kappa shape index (κ3) is 49.5.